The van der Waals surface area contributed by atoms with Crippen LogP contribution in [0.3, 0.4) is 0 Å². The number of fused-ring (bicyclic) bond motifs is 1. The fourth-order valence-corrected chi connectivity index (χ4v) is 3.29. The Hall–Kier alpha value is -0.540. The molecule has 0 radical (unpaired) electrons. The van der Waals surface area contributed by atoms with E-state index in [2.05, 4.69) is 22.0 Å². The highest BCUT2D eigenvalue weighted by Gasteiger charge is 2.17. The van der Waals surface area contributed by atoms with Crippen LogP contribution in [0, 0.1) is 0 Å². The molecule has 1 aromatic rings. The van der Waals surface area contributed by atoms with Gasteiger partial charge < -0.3 is 10.8 Å². The minimum atomic E-state index is 0.0802. The van der Waals surface area contributed by atoms with Crippen molar-refractivity contribution in [2.24, 2.45) is 5.73 Å². The van der Waals surface area contributed by atoms with Crippen molar-refractivity contribution in [3.8, 4) is 5.75 Å². The Kier molecular flexibility index (Phi) is 4.10. The van der Waals surface area contributed by atoms with Gasteiger partial charge in [-0.25, -0.2) is 0 Å². The molecule has 17 heavy (non-hydrogen) atoms. The molecule has 0 bridgehead atoms. The molecule has 0 heterocycles. The maximum Gasteiger partial charge on any atom is 0.133 e. The lowest BCUT2D eigenvalue weighted by Gasteiger charge is -2.15. The first-order valence-corrected chi connectivity index (χ1v) is 7.16. The Morgan fingerprint density at radius 2 is 2.06 bits per heavy atom. The summed E-state index contributed by atoms with van der Waals surface area (Å²) in [6, 6.07) is 2.24. The third kappa shape index (κ3) is 2.83. The summed E-state index contributed by atoms with van der Waals surface area (Å²) in [5.74, 6) is 0.392. The fraction of sp³-hybridized carbons (Fsp3) is 0.571. The third-order valence-corrected chi connectivity index (χ3v) is 4.28. The lowest BCUT2D eigenvalue weighted by Crippen LogP contribution is -2.18. The summed E-state index contributed by atoms with van der Waals surface area (Å²) in [7, 11) is 0. The predicted molar refractivity (Wildman–Crippen MR) is 74.4 cm³/mol. The highest BCUT2D eigenvalue weighted by atomic mass is 79.9. The standard InChI is InChI=1S/C14H20BrNO/c1-9(16)7-11-8-10-5-3-2-4-6-12(10)13(15)14(11)17/h8-9,17H,2-7,16H2,1H3. The van der Waals surface area contributed by atoms with Gasteiger partial charge in [-0.15, -0.1) is 0 Å². The molecule has 3 N–H and O–H groups in total. The third-order valence-electron chi connectivity index (χ3n) is 3.43. The summed E-state index contributed by atoms with van der Waals surface area (Å²) in [5.41, 5.74) is 9.49. The minimum absolute atomic E-state index is 0.0802. The van der Waals surface area contributed by atoms with E-state index in [1.165, 1.54) is 30.4 Å². The zero-order valence-corrected chi connectivity index (χ0v) is 11.9. The van der Waals surface area contributed by atoms with Crippen LogP contribution in [-0.2, 0) is 19.3 Å². The molecule has 0 saturated heterocycles. The molecule has 2 nitrogen and oxygen atoms in total. The van der Waals surface area contributed by atoms with E-state index < -0.39 is 0 Å². The fourth-order valence-electron chi connectivity index (χ4n) is 2.58. The van der Waals surface area contributed by atoms with Gasteiger partial charge in [0, 0.05) is 6.04 Å². The van der Waals surface area contributed by atoms with Crippen molar-refractivity contribution in [2.75, 3.05) is 0 Å². The van der Waals surface area contributed by atoms with Crippen molar-refractivity contribution >= 4 is 15.9 Å². The first kappa shape index (κ1) is 12.9. The molecule has 0 aliphatic heterocycles. The number of aryl methyl sites for hydroxylation is 1. The quantitative estimate of drug-likeness (QED) is 0.823. The van der Waals surface area contributed by atoms with Crippen LogP contribution in [0.2, 0.25) is 0 Å². The first-order chi connectivity index (χ1) is 8.09. The number of rotatable bonds is 2. The van der Waals surface area contributed by atoms with E-state index in [-0.39, 0.29) is 6.04 Å². The summed E-state index contributed by atoms with van der Waals surface area (Å²) in [4.78, 5) is 0. The van der Waals surface area contributed by atoms with Crippen LogP contribution in [0.1, 0.15) is 42.9 Å². The maximum absolute atomic E-state index is 10.2. The Bertz CT molecular complexity index is 415. The number of hydrogen-bond donors (Lipinski definition) is 2. The molecular formula is C14H20BrNO. The number of phenols is 1. The number of halogens is 1. The van der Waals surface area contributed by atoms with Crippen molar-refractivity contribution in [3.63, 3.8) is 0 Å². The van der Waals surface area contributed by atoms with Crippen LogP contribution in [0.25, 0.3) is 0 Å². The van der Waals surface area contributed by atoms with Crippen LogP contribution in [0.15, 0.2) is 10.5 Å². The number of phenolic OH excluding ortho intramolecular Hbond substituents is 1. The first-order valence-electron chi connectivity index (χ1n) is 6.37. The van der Waals surface area contributed by atoms with Gasteiger partial charge >= 0.3 is 0 Å². The summed E-state index contributed by atoms with van der Waals surface area (Å²) in [6.07, 6.45) is 6.68. The van der Waals surface area contributed by atoms with E-state index in [0.717, 1.165) is 29.3 Å². The normalized spacial score (nSPS) is 17.4. The van der Waals surface area contributed by atoms with Gasteiger partial charge in [-0.2, -0.15) is 0 Å². The Labute approximate surface area is 111 Å². The van der Waals surface area contributed by atoms with Crippen molar-refractivity contribution in [3.05, 3.63) is 27.2 Å². The minimum Gasteiger partial charge on any atom is -0.506 e. The second kappa shape index (κ2) is 5.40. The van der Waals surface area contributed by atoms with Crippen molar-refractivity contribution in [1.29, 1.82) is 0 Å². The molecule has 0 aromatic heterocycles. The molecule has 1 aliphatic carbocycles. The Morgan fingerprint density at radius 3 is 2.76 bits per heavy atom. The predicted octanol–water partition coefficient (Wildman–Crippen LogP) is 3.31. The topological polar surface area (TPSA) is 46.2 Å². The van der Waals surface area contributed by atoms with Gasteiger partial charge in [-0.3, -0.25) is 0 Å². The second-order valence-corrected chi connectivity index (χ2v) is 5.87. The molecule has 0 spiro atoms. The van der Waals surface area contributed by atoms with Crippen LogP contribution < -0.4 is 5.73 Å². The van der Waals surface area contributed by atoms with Crippen LogP contribution >= 0.6 is 15.9 Å². The zero-order chi connectivity index (χ0) is 12.4. The monoisotopic (exact) mass is 297 g/mol. The second-order valence-electron chi connectivity index (χ2n) is 5.08. The van der Waals surface area contributed by atoms with Crippen LogP contribution in [0.4, 0.5) is 0 Å². The molecule has 0 fully saturated rings. The smallest absolute Gasteiger partial charge is 0.133 e. The lowest BCUT2D eigenvalue weighted by atomic mass is 9.96. The number of hydrogen-bond acceptors (Lipinski definition) is 2. The number of nitrogens with two attached hydrogens (primary N) is 1. The van der Waals surface area contributed by atoms with E-state index >= 15 is 0 Å². The van der Waals surface area contributed by atoms with Gasteiger partial charge in [0.2, 0.25) is 0 Å². The molecule has 1 aliphatic rings. The molecule has 1 atom stereocenters. The van der Waals surface area contributed by atoms with E-state index in [0.29, 0.717) is 5.75 Å². The molecule has 3 heteroatoms. The zero-order valence-electron chi connectivity index (χ0n) is 10.3. The lowest BCUT2D eigenvalue weighted by molar-refractivity contribution is 0.461. The van der Waals surface area contributed by atoms with Gasteiger partial charge in [0.25, 0.3) is 0 Å². The van der Waals surface area contributed by atoms with Gasteiger partial charge in [-0.1, -0.05) is 12.5 Å². The van der Waals surface area contributed by atoms with Gasteiger partial charge in [0.15, 0.2) is 0 Å². The average Bonchev–Trinajstić information content (AvgIpc) is 2.50. The average molecular weight is 298 g/mol. The van der Waals surface area contributed by atoms with Crippen molar-refractivity contribution in [1.82, 2.24) is 0 Å². The molecule has 1 aromatic carbocycles. The Balaban J connectivity index is 2.43. The maximum atomic E-state index is 10.2. The summed E-state index contributed by atoms with van der Waals surface area (Å²) in [6.45, 7) is 1.97. The molecule has 0 amide bonds. The number of aromatic hydroxyl groups is 1. The molecule has 2 rings (SSSR count). The summed E-state index contributed by atoms with van der Waals surface area (Å²) in [5, 5.41) is 10.2. The Morgan fingerprint density at radius 1 is 1.35 bits per heavy atom. The van der Waals surface area contributed by atoms with Crippen molar-refractivity contribution < 1.29 is 5.11 Å². The molecule has 1 unspecified atom stereocenters. The largest absolute Gasteiger partial charge is 0.506 e. The SMILES string of the molecule is CC(N)Cc1cc2c(c(Br)c1O)CCCCC2. The van der Waals surface area contributed by atoms with Crippen LogP contribution in [0.5, 0.6) is 5.75 Å². The summed E-state index contributed by atoms with van der Waals surface area (Å²) >= 11 is 3.55. The molecule has 94 valence electrons. The van der Waals surface area contributed by atoms with Gasteiger partial charge in [-0.05, 0) is 71.6 Å². The van der Waals surface area contributed by atoms with E-state index in [4.69, 9.17) is 5.73 Å². The molecular weight excluding hydrogens is 278 g/mol. The van der Waals surface area contributed by atoms with E-state index in [1.807, 2.05) is 6.92 Å². The van der Waals surface area contributed by atoms with E-state index in [1.54, 1.807) is 0 Å². The van der Waals surface area contributed by atoms with Gasteiger partial charge in [0.05, 0.1) is 4.47 Å². The van der Waals surface area contributed by atoms with Crippen LogP contribution in [-0.4, -0.2) is 11.1 Å². The highest BCUT2D eigenvalue weighted by Crippen LogP contribution is 2.37. The number of benzene rings is 1. The van der Waals surface area contributed by atoms with Gasteiger partial charge in [0.1, 0.15) is 5.75 Å². The van der Waals surface area contributed by atoms with E-state index in [9.17, 15) is 5.11 Å². The highest BCUT2D eigenvalue weighted by molar-refractivity contribution is 9.10. The summed E-state index contributed by atoms with van der Waals surface area (Å²) < 4.78 is 0.896. The van der Waals surface area contributed by atoms with Crippen molar-refractivity contribution in [2.45, 2.75) is 51.5 Å². The molecule has 0 saturated carbocycles.